The summed E-state index contributed by atoms with van der Waals surface area (Å²) in [6, 6.07) is 0. The van der Waals surface area contributed by atoms with Crippen LogP contribution in [0.25, 0.3) is 0 Å². The molecule has 0 aliphatic rings. The molecule has 1 N–H and O–H groups in total. The second-order valence-corrected chi connectivity index (χ2v) is 1.92. The zero-order valence-electron chi connectivity index (χ0n) is 6.61. The van der Waals surface area contributed by atoms with Gasteiger partial charge in [-0.2, -0.15) is 0 Å². The molecular weight excluding hydrogens is 162 g/mol. The van der Waals surface area contributed by atoms with E-state index < -0.39 is 5.97 Å². The summed E-state index contributed by atoms with van der Waals surface area (Å²) in [7, 11) is 0. The fourth-order valence-electron chi connectivity index (χ4n) is 0.396. The highest BCUT2D eigenvalue weighted by atomic mass is 16.5. The van der Waals surface area contributed by atoms with E-state index >= 15 is 0 Å². The van der Waals surface area contributed by atoms with Crippen LogP contribution in [-0.4, -0.2) is 30.3 Å². The van der Waals surface area contributed by atoms with Crippen molar-refractivity contribution in [3.63, 3.8) is 0 Å². The minimum absolute atomic E-state index is 0.0131. The Bertz CT molecular complexity index is 228. The van der Waals surface area contributed by atoms with Crippen molar-refractivity contribution in [2.24, 2.45) is 4.99 Å². The van der Waals surface area contributed by atoms with E-state index in [0.29, 0.717) is 6.26 Å². The summed E-state index contributed by atoms with van der Waals surface area (Å²) in [5, 5.41) is 8.36. The van der Waals surface area contributed by atoms with Gasteiger partial charge in [-0.05, 0) is 6.92 Å². The van der Waals surface area contributed by atoms with Gasteiger partial charge in [0.15, 0.2) is 0 Å². The Morgan fingerprint density at radius 3 is 2.92 bits per heavy atom. The molecule has 0 aromatic heterocycles. The number of aliphatic hydroxyl groups is 1. The van der Waals surface area contributed by atoms with Crippen LogP contribution in [0.15, 0.2) is 16.8 Å². The number of isocyanates is 1. The van der Waals surface area contributed by atoms with Crippen LogP contribution in [0.2, 0.25) is 0 Å². The first kappa shape index (κ1) is 10.4. The van der Waals surface area contributed by atoms with E-state index in [4.69, 9.17) is 5.11 Å². The number of rotatable bonds is 4. The van der Waals surface area contributed by atoms with Crippen molar-refractivity contribution in [2.75, 3.05) is 13.2 Å². The van der Waals surface area contributed by atoms with Gasteiger partial charge in [-0.1, -0.05) is 0 Å². The largest absolute Gasteiger partial charge is 0.515 e. The molecule has 0 saturated heterocycles. The van der Waals surface area contributed by atoms with Crippen molar-refractivity contribution in [1.29, 1.82) is 0 Å². The van der Waals surface area contributed by atoms with E-state index in [0.717, 1.165) is 0 Å². The van der Waals surface area contributed by atoms with Crippen molar-refractivity contribution in [1.82, 2.24) is 0 Å². The van der Waals surface area contributed by atoms with E-state index in [1.807, 2.05) is 0 Å². The van der Waals surface area contributed by atoms with Crippen molar-refractivity contribution < 1.29 is 19.4 Å². The average Bonchev–Trinajstić information content (AvgIpc) is 2.10. The topological polar surface area (TPSA) is 76.0 Å². The summed E-state index contributed by atoms with van der Waals surface area (Å²) in [4.78, 5) is 23.5. The smallest absolute Gasteiger partial charge is 0.336 e. The zero-order chi connectivity index (χ0) is 9.40. The molecular formula is C7H9NO4. The summed E-state index contributed by atoms with van der Waals surface area (Å²) in [5.41, 5.74) is 0.102. The van der Waals surface area contributed by atoms with E-state index in [-0.39, 0.29) is 18.7 Å². The third-order valence-electron chi connectivity index (χ3n) is 1.02. The lowest BCUT2D eigenvalue weighted by Gasteiger charge is -1.99. The molecule has 0 aromatic rings. The number of esters is 1. The number of carbonyl (C=O) groups is 1. The SMILES string of the molecule is CC(=CO)C(=O)OCCN=C=O. The summed E-state index contributed by atoms with van der Waals surface area (Å²) in [6.07, 6.45) is 1.96. The normalized spacial score (nSPS) is 10.2. The number of carbonyl (C=O) groups excluding carboxylic acids is 2. The Morgan fingerprint density at radius 1 is 1.75 bits per heavy atom. The number of ether oxygens (including phenoxy) is 1. The number of nitrogens with zero attached hydrogens (tertiary/aromatic N) is 1. The fraction of sp³-hybridized carbons (Fsp3) is 0.429. The maximum atomic E-state index is 10.7. The third-order valence-corrected chi connectivity index (χ3v) is 1.02. The second kappa shape index (κ2) is 6.12. The molecule has 0 fully saturated rings. The summed E-state index contributed by atoms with van der Waals surface area (Å²) in [5.74, 6) is -0.626. The van der Waals surface area contributed by atoms with Crippen molar-refractivity contribution in [3.8, 4) is 0 Å². The Balaban J connectivity index is 3.65. The maximum Gasteiger partial charge on any atom is 0.336 e. The molecule has 0 saturated carbocycles. The number of aliphatic imine (C=N–C) groups is 1. The zero-order valence-corrected chi connectivity index (χ0v) is 6.61. The van der Waals surface area contributed by atoms with Crippen LogP contribution < -0.4 is 0 Å². The third kappa shape index (κ3) is 4.24. The molecule has 0 unspecified atom stereocenters. The molecule has 0 aliphatic carbocycles. The molecule has 5 nitrogen and oxygen atoms in total. The lowest BCUT2D eigenvalue weighted by Crippen LogP contribution is -2.08. The van der Waals surface area contributed by atoms with Crippen LogP contribution in [0.5, 0.6) is 0 Å². The lowest BCUT2D eigenvalue weighted by molar-refractivity contribution is -0.138. The van der Waals surface area contributed by atoms with E-state index in [1.165, 1.54) is 13.0 Å². The van der Waals surface area contributed by atoms with Crippen molar-refractivity contribution >= 4 is 12.0 Å². The standard InChI is InChI=1S/C7H9NO4/c1-6(4-9)7(11)12-3-2-8-5-10/h4,9H,2-3H2,1H3. The molecule has 5 heteroatoms. The summed E-state index contributed by atoms with van der Waals surface area (Å²) in [6.45, 7) is 1.51. The highest BCUT2D eigenvalue weighted by molar-refractivity contribution is 5.87. The maximum absolute atomic E-state index is 10.7. The predicted molar refractivity (Wildman–Crippen MR) is 40.3 cm³/mol. The molecule has 0 spiro atoms. The molecule has 66 valence electrons. The molecule has 0 rings (SSSR count). The Labute approximate surface area is 69.4 Å². The minimum atomic E-state index is -0.626. The van der Waals surface area contributed by atoms with E-state index in [1.54, 1.807) is 0 Å². The highest BCUT2D eigenvalue weighted by Gasteiger charge is 2.03. The quantitative estimate of drug-likeness (QED) is 0.165. The van der Waals surface area contributed by atoms with Crippen molar-refractivity contribution in [2.45, 2.75) is 6.92 Å². The average molecular weight is 171 g/mol. The highest BCUT2D eigenvalue weighted by Crippen LogP contribution is 1.93. The summed E-state index contributed by atoms with van der Waals surface area (Å²) >= 11 is 0. The first-order valence-electron chi connectivity index (χ1n) is 3.24. The van der Waals surface area contributed by atoms with Crippen LogP contribution in [0.1, 0.15) is 6.92 Å². The van der Waals surface area contributed by atoms with Crippen LogP contribution in [0.4, 0.5) is 0 Å². The molecule has 0 radical (unpaired) electrons. The molecule has 0 aliphatic heterocycles. The first-order chi connectivity index (χ1) is 5.72. The van der Waals surface area contributed by atoms with Gasteiger partial charge in [0.2, 0.25) is 6.08 Å². The molecule has 0 heterocycles. The Kier molecular flexibility index (Phi) is 5.30. The molecule has 12 heavy (non-hydrogen) atoms. The van der Waals surface area contributed by atoms with Crippen molar-refractivity contribution in [3.05, 3.63) is 11.8 Å². The number of hydrogen-bond acceptors (Lipinski definition) is 5. The fourth-order valence-corrected chi connectivity index (χ4v) is 0.396. The van der Waals surface area contributed by atoms with Gasteiger partial charge >= 0.3 is 5.97 Å². The van der Waals surface area contributed by atoms with Gasteiger partial charge in [-0.25, -0.2) is 14.6 Å². The second-order valence-electron chi connectivity index (χ2n) is 1.92. The number of aliphatic hydroxyl groups excluding tert-OH is 1. The van der Waals surface area contributed by atoms with E-state index in [2.05, 4.69) is 9.73 Å². The first-order valence-corrected chi connectivity index (χ1v) is 3.24. The number of hydrogen-bond donors (Lipinski definition) is 1. The Hall–Kier alpha value is -1.61. The van der Waals surface area contributed by atoms with E-state index in [9.17, 15) is 9.59 Å². The van der Waals surface area contributed by atoms with Gasteiger partial charge in [-0.3, -0.25) is 0 Å². The minimum Gasteiger partial charge on any atom is -0.515 e. The summed E-state index contributed by atoms with van der Waals surface area (Å²) < 4.78 is 4.56. The van der Waals surface area contributed by atoms with Crippen LogP contribution in [-0.2, 0) is 14.3 Å². The Morgan fingerprint density at radius 2 is 2.42 bits per heavy atom. The molecule has 0 atom stereocenters. The van der Waals surface area contributed by atoms with Gasteiger partial charge in [0.1, 0.15) is 6.61 Å². The van der Waals surface area contributed by atoms with Gasteiger partial charge in [0, 0.05) is 0 Å². The monoisotopic (exact) mass is 171 g/mol. The van der Waals surface area contributed by atoms with Gasteiger partial charge in [-0.15, -0.1) is 0 Å². The lowest BCUT2D eigenvalue weighted by atomic mass is 10.3. The van der Waals surface area contributed by atoms with Gasteiger partial charge < -0.3 is 9.84 Å². The van der Waals surface area contributed by atoms with Crippen LogP contribution >= 0.6 is 0 Å². The molecule has 0 aromatic carbocycles. The van der Waals surface area contributed by atoms with Gasteiger partial charge in [0.25, 0.3) is 0 Å². The van der Waals surface area contributed by atoms with Crippen LogP contribution in [0.3, 0.4) is 0 Å². The van der Waals surface area contributed by atoms with Gasteiger partial charge in [0.05, 0.1) is 18.4 Å². The molecule has 0 bridgehead atoms. The molecule has 0 amide bonds. The van der Waals surface area contributed by atoms with Crippen LogP contribution in [0, 0.1) is 0 Å². The predicted octanol–water partition coefficient (Wildman–Crippen LogP) is 0.327.